The van der Waals surface area contributed by atoms with Gasteiger partial charge in [-0.1, -0.05) is 6.07 Å². The summed E-state index contributed by atoms with van der Waals surface area (Å²) in [5, 5.41) is 3.13. The largest absolute Gasteiger partial charge is 0.494 e. The Kier molecular flexibility index (Phi) is 5.19. The van der Waals surface area contributed by atoms with Crippen molar-refractivity contribution in [1.82, 2.24) is 5.32 Å². The Bertz CT molecular complexity index is 297. The fourth-order valence-electron chi connectivity index (χ4n) is 1.40. The third kappa shape index (κ3) is 4.34. The van der Waals surface area contributed by atoms with Crippen LogP contribution in [-0.4, -0.2) is 20.2 Å². The maximum absolute atomic E-state index is 5.66. The predicted molar refractivity (Wildman–Crippen MR) is 64.6 cm³/mol. The van der Waals surface area contributed by atoms with Crippen molar-refractivity contribution in [3.8, 4) is 5.75 Å². The van der Waals surface area contributed by atoms with E-state index in [-0.39, 0.29) is 0 Å². The molecule has 1 aromatic rings. The lowest BCUT2D eigenvalue weighted by Crippen LogP contribution is -2.09. The zero-order valence-electron chi connectivity index (χ0n) is 9.97. The Morgan fingerprint density at radius 3 is 2.60 bits per heavy atom. The van der Waals surface area contributed by atoms with Gasteiger partial charge < -0.3 is 10.1 Å². The second-order valence-electron chi connectivity index (χ2n) is 3.91. The summed E-state index contributed by atoms with van der Waals surface area (Å²) in [5.74, 6) is 0.988. The van der Waals surface area contributed by atoms with Crippen LogP contribution in [0.25, 0.3) is 0 Å². The molecular formula is C13H21NO. The third-order valence-corrected chi connectivity index (χ3v) is 2.57. The zero-order valence-corrected chi connectivity index (χ0v) is 9.97. The summed E-state index contributed by atoms with van der Waals surface area (Å²) < 4.78 is 5.66. The lowest BCUT2D eigenvalue weighted by molar-refractivity contribution is 0.306. The normalized spacial score (nSPS) is 10.3. The molecule has 0 saturated heterocycles. The lowest BCUT2D eigenvalue weighted by Gasteiger charge is -2.08. The molecule has 0 unspecified atom stereocenters. The molecule has 0 atom stereocenters. The van der Waals surface area contributed by atoms with Crippen molar-refractivity contribution < 1.29 is 4.74 Å². The zero-order chi connectivity index (χ0) is 11.1. The Balaban J connectivity index is 2.28. The maximum Gasteiger partial charge on any atom is 0.119 e. The monoisotopic (exact) mass is 207 g/mol. The molecule has 2 nitrogen and oxygen atoms in total. The molecular weight excluding hydrogens is 186 g/mol. The smallest absolute Gasteiger partial charge is 0.119 e. The van der Waals surface area contributed by atoms with Gasteiger partial charge in [-0.05, 0) is 63.5 Å². The van der Waals surface area contributed by atoms with Crippen LogP contribution in [0.2, 0.25) is 0 Å². The number of rotatable bonds is 6. The summed E-state index contributed by atoms with van der Waals surface area (Å²) in [6, 6.07) is 6.26. The van der Waals surface area contributed by atoms with Crippen LogP contribution in [0.4, 0.5) is 0 Å². The second-order valence-corrected chi connectivity index (χ2v) is 3.91. The van der Waals surface area contributed by atoms with Gasteiger partial charge in [-0.15, -0.1) is 0 Å². The minimum absolute atomic E-state index is 0.810. The van der Waals surface area contributed by atoms with E-state index in [4.69, 9.17) is 4.74 Å². The van der Waals surface area contributed by atoms with E-state index in [9.17, 15) is 0 Å². The fraction of sp³-hybridized carbons (Fsp3) is 0.538. The molecule has 0 aliphatic rings. The van der Waals surface area contributed by atoms with Crippen molar-refractivity contribution in [2.75, 3.05) is 20.2 Å². The summed E-state index contributed by atoms with van der Waals surface area (Å²) in [4.78, 5) is 0. The van der Waals surface area contributed by atoms with Crippen LogP contribution in [0.3, 0.4) is 0 Å². The van der Waals surface area contributed by atoms with Crippen molar-refractivity contribution in [3.63, 3.8) is 0 Å². The van der Waals surface area contributed by atoms with Crippen LogP contribution in [0, 0.1) is 13.8 Å². The van der Waals surface area contributed by atoms with Gasteiger partial charge in [-0.25, -0.2) is 0 Å². The number of ether oxygens (including phenoxy) is 1. The average molecular weight is 207 g/mol. The van der Waals surface area contributed by atoms with Crippen LogP contribution in [0.15, 0.2) is 18.2 Å². The molecule has 0 aliphatic carbocycles. The van der Waals surface area contributed by atoms with Gasteiger partial charge in [0, 0.05) is 0 Å². The standard InChI is InChI=1S/C13H21NO/c1-11-6-7-13(10-12(11)2)15-9-5-4-8-14-3/h6-7,10,14H,4-5,8-9H2,1-3H3. The molecule has 15 heavy (non-hydrogen) atoms. The molecule has 0 heterocycles. The number of hydrogen-bond acceptors (Lipinski definition) is 2. The molecule has 2 heteroatoms. The average Bonchev–Trinajstić information content (AvgIpc) is 2.23. The highest BCUT2D eigenvalue weighted by Crippen LogP contribution is 2.16. The first-order chi connectivity index (χ1) is 7.24. The highest BCUT2D eigenvalue weighted by molar-refractivity contribution is 5.33. The Morgan fingerprint density at radius 1 is 1.13 bits per heavy atom. The second kappa shape index (κ2) is 6.46. The molecule has 1 aromatic carbocycles. The minimum Gasteiger partial charge on any atom is -0.494 e. The van der Waals surface area contributed by atoms with Crippen LogP contribution in [0.5, 0.6) is 5.75 Å². The predicted octanol–water partition coefficient (Wildman–Crippen LogP) is 2.68. The first-order valence-corrected chi connectivity index (χ1v) is 5.58. The SMILES string of the molecule is CNCCCCOc1ccc(C)c(C)c1. The maximum atomic E-state index is 5.66. The molecule has 0 amide bonds. The third-order valence-electron chi connectivity index (χ3n) is 2.57. The minimum atomic E-state index is 0.810. The van der Waals surface area contributed by atoms with E-state index in [1.54, 1.807) is 0 Å². The van der Waals surface area contributed by atoms with Gasteiger partial charge in [0.25, 0.3) is 0 Å². The van der Waals surface area contributed by atoms with Crippen molar-refractivity contribution >= 4 is 0 Å². The molecule has 0 aliphatic heterocycles. The van der Waals surface area contributed by atoms with Gasteiger partial charge in [0.2, 0.25) is 0 Å². The van der Waals surface area contributed by atoms with E-state index in [1.807, 2.05) is 13.1 Å². The lowest BCUT2D eigenvalue weighted by atomic mass is 10.1. The molecule has 0 aromatic heterocycles. The van der Waals surface area contributed by atoms with E-state index >= 15 is 0 Å². The summed E-state index contributed by atoms with van der Waals surface area (Å²) >= 11 is 0. The molecule has 0 radical (unpaired) electrons. The summed E-state index contributed by atoms with van der Waals surface area (Å²) in [6.07, 6.45) is 2.27. The molecule has 0 spiro atoms. The van der Waals surface area contributed by atoms with Gasteiger partial charge in [0.05, 0.1) is 6.61 Å². The van der Waals surface area contributed by atoms with Crippen molar-refractivity contribution in [2.45, 2.75) is 26.7 Å². The number of nitrogens with one attached hydrogen (secondary N) is 1. The first-order valence-electron chi connectivity index (χ1n) is 5.58. The number of hydrogen-bond donors (Lipinski definition) is 1. The number of unbranched alkanes of at least 4 members (excludes halogenated alkanes) is 1. The molecule has 0 fully saturated rings. The summed E-state index contributed by atoms with van der Waals surface area (Å²) in [5.41, 5.74) is 2.61. The van der Waals surface area contributed by atoms with Crippen LogP contribution in [-0.2, 0) is 0 Å². The Hall–Kier alpha value is -1.02. The van der Waals surface area contributed by atoms with E-state index < -0.39 is 0 Å². The van der Waals surface area contributed by atoms with Crippen molar-refractivity contribution in [3.05, 3.63) is 29.3 Å². The Morgan fingerprint density at radius 2 is 1.93 bits per heavy atom. The topological polar surface area (TPSA) is 21.3 Å². The first kappa shape index (κ1) is 12.1. The quantitative estimate of drug-likeness (QED) is 0.724. The molecule has 0 bridgehead atoms. The fourth-order valence-corrected chi connectivity index (χ4v) is 1.40. The number of benzene rings is 1. The van der Waals surface area contributed by atoms with Gasteiger partial charge in [0.15, 0.2) is 0 Å². The molecule has 1 N–H and O–H groups in total. The summed E-state index contributed by atoms with van der Waals surface area (Å²) in [7, 11) is 1.98. The Labute approximate surface area is 92.6 Å². The van der Waals surface area contributed by atoms with E-state index in [0.717, 1.165) is 25.3 Å². The highest BCUT2D eigenvalue weighted by Gasteiger charge is 1.96. The van der Waals surface area contributed by atoms with Crippen LogP contribution < -0.4 is 10.1 Å². The van der Waals surface area contributed by atoms with Crippen LogP contribution >= 0.6 is 0 Å². The summed E-state index contributed by atoms with van der Waals surface area (Å²) in [6.45, 7) is 6.11. The van der Waals surface area contributed by atoms with Gasteiger partial charge in [-0.3, -0.25) is 0 Å². The van der Waals surface area contributed by atoms with Gasteiger partial charge in [0.1, 0.15) is 5.75 Å². The van der Waals surface area contributed by atoms with Crippen molar-refractivity contribution in [1.29, 1.82) is 0 Å². The number of aryl methyl sites for hydroxylation is 2. The van der Waals surface area contributed by atoms with E-state index in [2.05, 4.69) is 31.3 Å². The van der Waals surface area contributed by atoms with Gasteiger partial charge >= 0.3 is 0 Å². The molecule has 0 saturated carbocycles. The van der Waals surface area contributed by atoms with Gasteiger partial charge in [-0.2, -0.15) is 0 Å². The molecule has 84 valence electrons. The van der Waals surface area contributed by atoms with Crippen molar-refractivity contribution in [2.24, 2.45) is 0 Å². The highest BCUT2D eigenvalue weighted by atomic mass is 16.5. The molecule has 1 rings (SSSR count). The van der Waals surface area contributed by atoms with E-state index in [1.165, 1.54) is 17.5 Å². The van der Waals surface area contributed by atoms with Crippen LogP contribution in [0.1, 0.15) is 24.0 Å². The van der Waals surface area contributed by atoms with E-state index in [0.29, 0.717) is 0 Å².